The molecule has 0 aromatic heterocycles. The number of carbonyl (C=O) groups is 3. The molecule has 0 aliphatic rings. The Kier molecular flexibility index (Phi) is 15.7. The van der Waals surface area contributed by atoms with Gasteiger partial charge in [0, 0.05) is 0 Å². The van der Waals surface area contributed by atoms with Crippen LogP contribution in [0.1, 0.15) is 84.0 Å². The van der Waals surface area contributed by atoms with Crippen LogP contribution in [0, 0.1) is 0 Å². The molecule has 0 spiro atoms. The summed E-state index contributed by atoms with van der Waals surface area (Å²) in [7, 11) is 0. The number of esters is 1. The van der Waals surface area contributed by atoms with E-state index in [0.29, 0.717) is 0 Å². The lowest BCUT2D eigenvalue weighted by Gasteiger charge is -2.06. The predicted molar refractivity (Wildman–Crippen MR) is 98.5 cm³/mol. The Hall–Kier alpha value is -1.85. The SMILES string of the molecule is C=CC(=O)NNC(=O)C(=O)OCCCCCCCCCCCCCC. The topological polar surface area (TPSA) is 84.5 Å². The van der Waals surface area contributed by atoms with Gasteiger partial charge in [0.05, 0.1) is 6.61 Å². The second-order valence-electron chi connectivity index (χ2n) is 6.17. The van der Waals surface area contributed by atoms with E-state index in [1.54, 1.807) is 0 Å². The summed E-state index contributed by atoms with van der Waals surface area (Å²) in [5, 5.41) is 0. The zero-order valence-corrected chi connectivity index (χ0v) is 15.6. The fourth-order valence-electron chi connectivity index (χ4n) is 2.39. The highest BCUT2D eigenvalue weighted by Gasteiger charge is 2.14. The molecule has 0 bridgehead atoms. The van der Waals surface area contributed by atoms with Crippen molar-refractivity contribution in [3.8, 4) is 0 Å². The van der Waals surface area contributed by atoms with Crippen molar-refractivity contribution in [1.82, 2.24) is 10.9 Å². The number of nitrogens with one attached hydrogen (secondary N) is 2. The van der Waals surface area contributed by atoms with Gasteiger partial charge in [-0.25, -0.2) is 4.79 Å². The molecule has 0 fully saturated rings. The molecule has 0 aliphatic carbocycles. The normalized spacial score (nSPS) is 10.1. The second-order valence-corrected chi connectivity index (χ2v) is 6.17. The van der Waals surface area contributed by atoms with Crippen molar-refractivity contribution < 1.29 is 19.1 Å². The van der Waals surface area contributed by atoms with Crippen molar-refractivity contribution in [2.24, 2.45) is 0 Å². The second kappa shape index (κ2) is 17.0. The minimum atomic E-state index is -0.993. The molecule has 0 saturated heterocycles. The third-order valence-corrected chi connectivity index (χ3v) is 3.90. The number of hydrogen-bond donors (Lipinski definition) is 2. The van der Waals surface area contributed by atoms with E-state index in [1.165, 1.54) is 57.8 Å². The highest BCUT2D eigenvalue weighted by Crippen LogP contribution is 2.11. The van der Waals surface area contributed by atoms with Crippen LogP contribution in [0.3, 0.4) is 0 Å². The van der Waals surface area contributed by atoms with Crippen LogP contribution in [-0.2, 0) is 19.1 Å². The van der Waals surface area contributed by atoms with E-state index in [2.05, 4.69) is 13.5 Å². The molecule has 6 nitrogen and oxygen atoms in total. The lowest BCUT2D eigenvalue weighted by atomic mass is 10.1. The van der Waals surface area contributed by atoms with Crippen LogP contribution in [0.4, 0.5) is 0 Å². The maximum absolute atomic E-state index is 11.3. The molecule has 0 rings (SSSR count). The highest BCUT2D eigenvalue weighted by molar-refractivity contribution is 6.32. The maximum Gasteiger partial charge on any atom is 0.398 e. The van der Waals surface area contributed by atoms with E-state index in [4.69, 9.17) is 4.74 Å². The fraction of sp³-hybridized carbons (Fsp3) is 0.737. The van der Waals surface area contributed by atoms with Crippen LogP contribution in [0.2, 0.25) is 0 Å². The molecule has 2 amide bonds. The fourth-order valence-corrected chi connectivity index (χ4v) is 2.39. The smallest absolute Gasteiger partial charge is 0.398 e. The standard InChI is InChI=1S/C19H34N2O4/c1-3-5-6-7-8-9-10-11-12-13-14-15-16-25-19(24)18(23)21-20-17(22)4-2/h4H,2-3,5-16H2,1H3,(H,20,22)(H,21,23). The number of hydrazine groups is 1. The van der Waals surface area contributed by atoms with E-state index in [9.17, 15) is 14.4 Å². The Morgan fingerprint density at radius 2 is 1.28 bits per heavy atom. The third kappa shape index (κ3) is 15.4. The monoisotopic (exact) mass is 354 g/mol. The molecule has 144 valence electrons. The van der Waals surface area contributed by atoms with Crippen LogP contribution in [0.25, 0.3) is 0 Å². The molecule has 0 aliphatic heterocycles. The third-order valence-electron chi connectivity index (χ3n) is 3.90. The van der Waals surface area contributed by atoms with E-state index in [-0.39, 0.29) is 6.61 Å². The van der Waals surface area contributed by atoms with Gasteiger partial charge in [0.1, 0.15) is 0 Å². The first-order chi connectivity index (χ1) is 12.1. The van der Waals surface area contributed by atoms with Crippen LogP contribution in [-0.4, -0.2) is 24.4 Å². The van der Waals surface area contributed by atoms with E-state index < -0.39 is 17.8 Å². The first-order valence-electron chi connectivity index (χ1n) is 9.51. The largest absolute Gasteiger partial charge is 0.459 e. The summed E-state index contributed by atoms with van der Waals surface area (Å²) in [5.74, 6) is -2.58. The first kappa shape index (κ1) is 23.1. The number of hydrogen-bond acceptors (Lipinski definition) is 4. The summed E-state index contributed by atoms with van der Waals surface area (Å²) in [6.45, 7) is 5.68. The molecule has 0 aromatic rings. The summed E-state index contributed by atoms with van der Waals surface area (Å²) in [5.41, 5.74) is 3.95. The van der Waals surface area contributed by atoms with Crippen molar-refractivity contribution in [2.45, 2.75) is 84.0 Å². The number of ether oxygens (including phenoxy) is 1. The minimum absolute atomic E-state index is 0.221. The van der Waals surface area contributed by atoms with Gasteiger partial charge < -0.3 is 4.74 Å². The maximum atomic E-state index is 11.3. The van der Waals surface area contributed by atoms with Gasteiger partial charge in [0.2, 0.25) is 0 Å². The van der Waals surface area contributed by atoms with Gasteiger partial charge in [0.25, 0.3) is 5.91 Å². The molecule has 0 saturated carbocycles. The lowest BCUT2D eigenvalue weighted by Crippen LogP contribution is -2.44. The average molecular weight is 354 g/mol. The van der Waals surface area contributed by atoms with Gasteiger partial charge in [-0.2, -0.15) is 0 Å². The van der Waals surface area contributed by atoms with Crippen molar-refractivity contribution in [3.63, 3.8) is 0 Å². The van der Waals surface area contributed by atoms with Crippen molar-refractivity contribution >= 4 is 17.8 Å². The summed E-state index contributed by atoms with van der Waals surface area (Å²) in [6.07, 6.45) is 15.7. The van der Waals surface area contributed by atoms with Gasteiger partial charge in [-0.05, 0) is 12.5 Å². The zero-order valence-electron chi connectivity index (χ0n) is 15.6. The number of amides is 2. The zero-order chi connectivity index (χ0) is 18.8. The molecule has 0 heterocycles. The molecule has 0 radical (unpaired) electrons. The molecular weight excluding hydrogens is 320 g/mol. The number of unbranched alkanes of at least 4 members (excludes halogenated alkanes) is 11. The van der Waals surface area contributed by atoms with Gasteiger partial charge >= 0.3 is 11.9 Å². The predicted octanol–water partition coefficient (Wildman–Crippen LogP) is 3.56. The number of rotatable bonds is 14. The Morgan fingerprint density at radius 1 is 0.800 bits per heavy atom. The highest BCUT2D eigenvalue weighted by atomic mass is 16.5. The summed E-state index contributed by atoms with van der Waals surface area (Å²) in [6, 6.07) is 0. The molecule has 25 heavy (non-hydrogen) atoms. The van der Waals surface area contributed by atoms with E-state index in [1.807, 2.05) is 10.9 Å². The number of carbonyl (C=O) groups excluding carboxylic acids is 3. The van der Waals surface area contributed by atoms with Gasteiger partial charge in [-0.15, -0.1) is 0 Å². The van der Waals surface area contributed by atoms with Crippen molar-refractivity contribution in [2.75, 3.05) is 6.61 Å². The quantitative estimate of drug-likeness (QED) is 0.164. The van der Waals surface area contributed by atoms with Crippen LogP contribution >= 0.6 is 0 Å². The average Bonchev–Trinajstić information content (AvgIpc) is 2.62. The molecule has 6 heteroatoms. The molecule has 0 atom stereocenters. The summed E-state index contributed by atoms with van der Waals surface area (Å²) >= 11 is 0. The molecule has 0 aromatic carbocycles. The van der Waals surface area contributed by atoms with E-state index >= 15 is 0 Å². The Bertz CT molecular complexity index is 397. The minimum Gasteiger partial charge on any atom is -0.459 e. The summed E-state index contributed by atoms with van der Waals surface area (Å²) in [4.78, 5) is 33.4. The Balaban J connectivity index is 3.34. The van der Waals surface area contributed by atoms with Crippen LogP contribution < -0.4 is 10.9 Å². The van der Waals surface area contributed by atoms with Crippen molar-refractivity contribution in [1.29, 1.82) is 0 Å². The Morgan fingerprint density at radius 3 is 1.76 bits per heavy atom. The van der Waals surface area contributed by atoms with Crippen molar-refractivity contribution in [3.05, 3.63) is 12.7 Å². The molecule has 2 N–H and O–H groups in total. The first-order valence-corrected chi connectivity index (χ1v) is 9.51. The van der Waals surface area contributed by atoms with Gasteiger partial charge in [-0.3, -0.25) is 20.4 Å². The van der Waals surface area contributed by atoms with Crippen LogP contribution in [0.5, 0.6) is 0 Å². The van der Waals surface area contributed by atoms with Gasteiger partial charge in [-0.1, -0.05) is 84.1 Å². The molecule has 0 unspecified atom stereocenters. The van der Waals surface area contributed by atoms with Crippen LogP contribution in [0.15, 0.2) is 12.7 Å². The molecular formula is C19H34N2O4. The Labute approximate surface area is 151 Å². The summed E-state index contributed by atoms with van der Waals surface area (Å²) < 4.78 is 4.83. The van der Waals surface area contributed by atoms with Gasteiger partial charge in [0.15, 0.2) is 0 Å². The van der Waals surface area contributed by atoms with E-state index in [0.717, 1.165) is 25.3 Å². The lowest BCUT2D eigenvalue weighted by molar-refractivity contribution is -0.155.